The summed E-state index contributed by atoms with van der Waals surface area (Å²) in [7, 11) is 0. The van der Waals surface area contributed by atoms with E-state index in [1.54, 1.807) is 11.8 Å². The highest BCUT2D eigenvalue weighted by atomic mass is 32.2. The fraction of sp³-hybridized carbons (Fsp3) is 0.312. The second-order valence-corrected chi connectivity index (χ2v) is 6.81. The van der Waals surface area contributed by atoms with Crippen LogP contribution in [-0.2, 0) is 0 Å². The third-order valence-electron chi connectivity index (χ3n) is 2.92. The summed E-state index contributed by atoms with van der Waals surface area (Å²) < 4.78 is 0. The van der Waals surface area contributed by atoms with Crippen molar-refractivity contribution in [3.63, 3.8) is 0 Å². The molecule has 2 rings (SSSR count). The van der Waals surface area contributed by atoms with Gasteiger partial charge < -0.3 is 5.32 Å². The van der Waals surface area contributed by atoms with Crippen molar-refractivity contribution in [3.8, 4) is 6.07 Å². The molecule has 1 aromatic carbocycles. The zero-order valence-electron chi connectivity index (χ0n) is 13.1. The zero-order valence-corrected chi connectivity index (χ0v) is 14.7. The first kappa shape index (κ1) is 16.7. The van der Waals surface area contributed by atoms with E-state index in [9.17, 15) is 5.26 Å². The maximum Gasteiger partial charge on any atom is 0.190 e. The highest BCUT2D eigenvalue weighted by Gasteiger charge is 2.14. The maximum atomic E-state index is 9.45. The van der Waals surface area contributed by atoms with Crippen molar-refractivity contribution < 1.29 is 0 Å². The molecule has 1 N–H and O–H groups in total. The van der Waals surface area contributed by atoms with Crippen LogP contribution in [0, 0.1) is 25.2 Å². The van der Waals surface area contributed by atoms with Gasteiger partial charge in [0.05, 0.1) is 0 Å². The van der Waals surface area contributed by atoms with Crippen molar-refractivity contribution in [2.24, 2.45) is 0 Å². The molecule has 0 aliphatic rings. The molecule has 0 spiro atoms. The number of rotatable bonds is 5. The number of aryl methyl sites for hydroxylation is 2. The van der Waals surface area contributed by atoms with Crippen LogP contribution < -0.4 is 5.32 Å². The Morgan fingerprint density at radius 2 is 1.86 bits per heavy atom. The molecule has 0 aliphatic carbocycles. The lowest BCUT2D eigenvalue weighted by molar-refractivity contribution is 0.889. The molecular weight excluding hydrogens is 312 g/mol. The van der Waals surface area contributed by atoms with E-state index in [0.29, 0.717) is 21.6 Å². The molecule has 1 heterocycles. The molecule has 22 heavy (non-hydrogen) atoms. The number of anilines is 2. The van der Waals surface area contributed by atoms with Crippen LogP contribution >= 0.6 is 23.5 Å². The van der Waals surface area contributed by atoms with Gasteiger partial charge in [0.1, 0.15) is 16.7 Å². The standard InChI is InChI=1S/C16H18N4S2/c1-5-22-16-19-14(13(9-17)15(20-16)21-4)18-12-7-10(2)6-11(3)8-12/h6-8H,5H2,1-4H3,(H,18,19,20). The van der Waals surface area contributed by atoms with Crippen LogP contribution in [0.5, 0.6) is 0 Å². The smallest absolute Gasteiger partial charge is 0.190 e. The molecule has 0 bridgehead atoms. The Labute approximate surface area is 139 Å². The first-order valence-corrected chi connectivity index (χ1v) is 9.12. The molecule has 0 fully saturated rings. The average Bonchev–Trinajstić information content (AvgIpc) is 2.46. The summed E-state index contributed by atoms with van der Waals surface area (Å²) in [6, 6.07) is 8.42. The van der Waals surface area contributed by atoms with Gasteiger partial charge in [-0.2, -0.15) is 5.26 Å². The van der Waals surface area contributed by atoms with Gasteiger partial charge in [-0.05, 0) is 49.1 Å². The van der Waals surface area contributed by atoms with Crippen LogP contribution in [0.25, 0.3) is 0 Å². The minimum Gasteiger partial charge on any atom is -0.339 e. The Balaban J connectivity index is 2.48. The van der Waals surface area contributed by atoms with E-state index < -0.39 is 0 Å². The van der Waals surface area contributed by atoms with E-state index in [1.807, 2.05) is 18.4 Å². The SMILES string of the molecule is CCSc1nc(Nc2cc(C)cc(C)c2)c(C#N)c(SC)n1. The molecule has 0 saturated heterocycles. The second-order valence-electron chi connectivity index (χ2n) is 4.79. The molecule has 0 atom stereocenters. The van der Waals surface area contributed by atoms with Gasteiger partial charge in [0.15, 0.2) is 11.0 Å². The number of hydrogen-bond acceptors (Lipinski definition) is 6. The molecule has 0 amide bonds. The van der Waals surface area contributed by atoms with Gasteiger partial charge in [-0.25, -0.2) is 9.97 Å². The third-order valence-corrected chi connectivity index (χ3v) is 4.33. The molecule has 6 heteroatoms. The van der Waals surface area contributed by atoms with E-state index >= 15 is 0 Å². The van der Waals surface area contributed by atoms with Crippen molar-refractivity contribution in [3.05, 3.63) is 34.9 Å². The average molecular weight is 330 g/mol. The van der Waals surface area contributed by atoms with Crippen molar-refractivity contribution in [1.29, 1.82) is 5.26 Å². The number of thioether (sulfide) groups is 2. The van der Waals surface area contributed by atoms with Gasteiger partial charge in [-0.1, -0.05) is 24.8 Å². The fourth-order valence-electron chi connectivity index (χ4n) is 2.14. The third kappa shape index (κ3) is 3.93. The Kier molecular flexibility index (Phi) is 5.69. The number of nitrogens with one attached hydrogen (secondary N) is 1. The van der Waals surface area contributed by atoms with E-state index in [1.165, 1.54) is 22.9 Å². The summed E-state index contributed by atoms with van der Waals surface area (Å²) in [6.07, 6.45) is 1.92. The van der Waals surface area contributed by atoms with Gasteiger partial charge >= 0.3 is 0 Å². The maximum absolute atomic E-state index is 9.45. The van der Waals surface area contributed by atoms with Crippen LogP contribution in [0.1, 0.15) is 23.6 Å². The van der Waals surface area contributed by atoms with E-state index in [0.717, 1.165) is 11.4 Å². The molecule has 4 nitrogen and oxygen atoms in total. The van der Waals surface area contributed by atoms with Gasteiger partial charge in [0.2, 0.25) is 0 Å². The number of hydrogen-bond donors (Lipinski definition) is 1. The summed E-state index contributed by atoms with van der Waals surface area (Å²) in [5.74, 6) is 1.46. The predicted octanol–water partition coefficient (Wildman–Crippen LogP) is 4.54. The molecular formula is C16H18N4S2. The van der Waals surface area contributed by atoms with E-state index in [2.05, 4.69) is 48.2 Å². The summed E-state index contributed by atoms with van der Waals surface area (Å²) in [5.41, 5.74) is 3.77. The summed E-state index contributed by atoms with van der Waals surface area (Å²) in [4.78, 5) is 8.94. The molecule has 0 radical (unpaired) electrons. The van der Waals surface area contributed by atoms with Gasteiger partial charge in [0.25, 0.3) is 0 Å². The topological polar surface area (TPSA) is 61.6 Å². The number of nitrogens with zero attached hydrogens (tertiary/aromatic N) is 3. The molecule has 114 valence electrons. The second kappa shape index (κ2) is 7.52. The Hall–Kier alpha value is -1.71. The first-order chi connectivity index (χ1) is 10.6. The molecule has 0 aliphatic heterocycles. The van der Waals surface area contributed by atoms with Crippen molar-refractivity contribution in [1.82, 2.24) is 9.97 Å². The number of nitriles is 1. The number of benzene rings is 1. The summed E-state index contributed by atoms with van der Waals surface area (Å²) >= 11 is 3.03. The zero-order chi connectivity index (χ0) is 16.1. The van der Waals surface area contributed by atoms with Crippen molar-refractivity contribution >= 4 is 35.0 Å². The quantitative estimate of drug-likeness (QED) is 0.493. The van der Waals surface area contributed by atoms with Gasteiger partial charge in [-0.15, -0.1) is 11.8 Å². The Morgan fingerprint density at radius 3 is 2.41 bits per heavy atom. The van der Waals surface area contributed by atoms with Crippen molar-refractivity contribution in [2.45, 2.75) is 31.0 Å². The number of aromatic nitrogens is 2. The molecule has 0 saturated carbocycles. The summed E-state index contributed by atoms with van der Waals surface area (Å²) in [5, 5.41) is 14.1. The Bertz CT molecular complexity index is 703. The monoisotopic (exact) mass is 330 g/mol. The highest BCUT2D eigenvalue weighted by molar-refractivity contribution is 7.99. The van der Waals surface area contributed by atoms with Crippen LogP contribution in [0.3, 0.4) is 0 Å². The lowest BCUT2D eigenvalue weighted by Gasteiger charge is -2.12. The minimum atomic E-state index is 0.493. The fourth-order valence-corrected chi connectivity index (χ4v) is 3.29. The molecule has 1 aromatic heterocycles. The highest BCUT2D eigenvalue weighted by Crippen LogP contribution is 2.29. The minimum absolute atomic E-state index is 0.493. The lowest BCUT2D eigenvalue weighted by atomic mass is 10.1. The largest absolute Gasteiger partial charge is 0.339 e. The summed E-state index contributed by atoms with van der Waals surface area (Å²) in [6.45, 7) is 6.16. The van der Waals surface area contributed by atoms with Crippen LogP contribution in [-0.4, -0.2) is 22.0 Å². The first-order valence-electron chi connectivity index (χ1n) is 6.91. The lowest BCUT2D eigenvalue weighted by Crippen LogP contribution is -2.03. The molecule has 0 unspecified atom stereocenters. The molecule has 2 aromatic rings. The normalized spacial score (nSPS) is 10.3. The predicted molar refractivity (Wildman–Crippen MR) is 94.1 cm³/mol. The van der Waals surface area contributed by atoms with Crippen LogP contribution in [0.15, 0.2) is 28.4 Å². The Morgan fingerprint density at radius 1 is 1.18 bits per heavy atom. The van der Waals surface area contributed by atoms with Crippen LogP contribution in [0.2, 0.25) is 0 Å². The van der Waals surface area contributed by atoms with Gasteiger partial charge in [-0.3, -0.25) is 0 Å². The van der Waals surface area contributed by atoms with Gasteiger partial charge in [0, 0.05) is 5.69 Å². The van der Waals surface area contributed by atoms with E-state index in [-0.39, 0.29) is 0 Å². The van der Waals surface area contributed by atoms with Crippen molar-refractivity contribution in [2.75, 3.05) is 17.3 Å². The van der Waals surface area contributed by atoms with E-state index in [4.69, 9.17) is 0 Å². The van der Waals surface area contributed by atoms with Crippen LogP contribution in [0.4, 0.5) is 11.5 Å².